The lowest BCUT2D eigenvalue weighted by Crippen LogP contribution is -2.32. The largest absolute Gasteiger partial charge is 0.418 e. The van der Waals surface area contributed by atoms with Crippen molar-refractivity contribution >= 4 is 16.7 Å². The predicted octanol–water partition coefficient (Wildman–Crippen LogP) is 5.84. The van der Waals surface area contributed by atoms with E-state index in [-0.39, 0.29) is 46.7 Å². The zero-order valence-electron chi connectivity index (χ0n) is 20.4. The van der Waals surface area contributed by atoms with Crippen LogP contribution in [0.2, 0.25) is 0 Å². The summed E-state index contributed by atoms with van der Waals surface area (Å²) >= 11 is 0. The molecule has 0 aliphatic heterocycles. The van der Waals surface area contributed by atoms with Crippen LogP contribution in [-0.2, 0) is 12.8 Å². The molecule has 3 aromatic heterocycles. The first-order valence-electron chi connectivity index (χ1n) is 12.5. The Bertz CT molecular complexity index is 1680. The third-order valence-corrected chi connectivity index (χ3v) is 7.41. The third-order valence-electron chi connectivity index (χ3n) is 7.41. The van der Waals surface area contributed by atoms with Gasteiger partial charge in [0.05, 0.1) is 12.2 Å². The first-order chi connectivity index (χ1) is 18.5. The number of halogens is 5. The number of aromatic nitrogens is 3. The Balaban J connectivity index is 1.56. The second-order valence-electron chi connectivity index (χ2n) is 10.2. The molecule has 2 fully saturated rings. The summed E-state index contributed by atoms with van der Waals surface area (Å²) in [5.74, 6) is -1.72. The van der Waals surface area contributed by atoms with Crippen LogP contribution in [0.1, 0.15) is 58.9 Å². The van der Waals surface area contributed by atoms with E-state index in [1.165, 1.54) is 12.1 Å². The molecule has 2 N–H and O–H groups in total. The monoisotopic (exact) mass is 543 g/mol. The number of nitrogens with one attached hydrogen (secondary N) is 1. The van der Waals surface area contributed by atoms with Gasteiger partial charge in [-0.2, -0.15) is 13.2 Å². The number of hydrogen-bond acceptors (Lipinski definition) is 4. The zero-order chi connectivity index (χ0) is 27.6. The highest BCUT2D eigenvalue weighted by Crippen LogP contribution is 2.42. The average molecular weight is 543 g/mol. The first kappa shape index (κ1) is 25.4. The summed E-state index contributed by atoms with van der Waals surface area (Å²) in [7, 11) is 0. The molecule has 39 heavy (non-hydrogen) atoms. The molecule has 6 nitrogen and oxygen atoms in total. The van der Waals surface area contributed by atoms with Crippen LogP contribution in [0.5, 0.6) is 0 Å². The van der Waals surface area contributed by atoms with Crippen LogP contribution in [0, 0.1) is 11.7 Å². The molecule has 0 atom stereocenters. The molecule has 0 spiro atoms. The summed E-state index contributed by atoms with van der Waals surface area (Å²) in [5, 5.41) is 9.06. The number of alkyl halides is 4. The van der Waals surface area contributed by atoms with Crippen LogP contribution < -0.4 is 5.56 Å². The number of Topliss-reactive ketones (excluding diaryl/α,β-unsaturated/α-hetero) is 1. The number of H-pyrrole nitrogens is 1. The van der Waals surface area contributed by atoms with E-state index in [1.54, 1.807) is 6.07 Å². The Morgan fingerprint density at radius 2 is 1.87 bits per heavy atom. The van der Waals surface area contributed by atoms with Crippen LogP contribution in [0.15, 0.2) is 47.4 Å². The fraction of sp³-hybridized carbons (Fsp3) is 0.321. The Kier molecular flexibility index (Phi) is 5.94. The summed E-state index contributed by atoms with van der Waals surface area (Å²) < 4.78 is 70.6. The van der Waals surface area contributed by atoms with Gasteiger partial charge in [0.25, 0.3) is 5.56 Å². The SMILES string of the molecule is O=C(c1cc(F)ccc1-c1cc(C2CC2)nc(-n2cc(C(F)(F)F)c3cc(CO)[nH]c3c2=O)c1)C1CC(F)C1. The number of pyridine rings is 2. The van der Waals surface area contributed by atoms with Crippen molar-refractivity contribution in [1.29, 1.82) is 0 Å². The normalized spacial score (nSPS) is 19.3. The molecule has 1 aromatic carbocycles. The van der Waals surface area contributed by atoms with Crippen molar-refractivity contribution < 1.29 is 31.9 Å². The highest BCUT2D eigenvalue weighted by molar-refractivity contribution is 6.04. The minimum atomic E-state index is -4.81. The fourth-order valence-electron chi connectivity index (χ4n) is 5.11. The van der Waals surface area contributed by atoms with Gasteiger partial charge in [-0.25, -0.2) is 13.8 Å². The standard InChI is InChI=1S/C28H22F5N3O3/c29-16-3-4-19(20(9-16)26(38)15-5-17(30)6-15)14-7-23(13-1-2-13)35-24(8-14)36-11-22(28(31,32)33)21-10-18(12-37)34-25(21)27(36)39/h3-4,7-11,13,15,17,34,37H,1-2,5-6,12H2. The quantitative estimate of drug-likeness (QED) is 0.236. The zero-order valence-corrected chi connectivity index (χ0v) is 20.4. The van der Waals surface area contributed by atoms with Crippen LogP contribution in [0.4, 0.5) is 22.0 Å². The van der Waals surface area contributed by atoms with Crippen molar-refractivity contribution in [3.05, 3.63) is 81.3 Å². The maximum atomic E-state index is 14.2. The van der Waals surface area contributed by atoms with Gasteiger partial charge in [0.1, 0.15) is 23.3 Å². The molecular formula is C28H22F5N3O3. The molecule has 2 aliphatic carbocycles. The van der Waals surface area contributed by atoms with Gasteiger partial charge < -0.3 is 10.1 Å². The van der Waals surface area contributed by atoms with Gasteiger partial charge in [-0.05, 0) is 67.1 Å². The lowest BCUT2D eigenvalue weighted by molar-refractivity contribution is -0.136. The van der Waals surface area contributed by atoms with E-state index in [0.717, 1.165) is 35.6 Å². The number of aliphatic hydroxyl groups is 1. The van der Waals surface area contributed by atoms with Crippen LogP contribution >= 0.6 is 0 Å². The average Bonchev–Trinajstić information content (AvgIpc) is 3.64. The molecule has 0 radical (unpaired) electrons. The Hall–Kier alpha value is -3.86. The highest BCUT2D eigenvalue weighted by Gasteiger charge is 2.37. The summed E-state index contributed by atoms with van der Waals surface area (Å²) in [6.45, 7) is -0.587. The fourth-order valence-corrected chi connectivity index (χ4v) is 5.11. The number of aliphatic hydroxyl groups excluding tert-OH is 1. The van der Waals surface area contributed by atoms with Crippen molar-refractivity contribution in [3.63, 3.8) is 0 Å². The second-order valence-corrected chi connectivity index (χ2v) is 10.2. The number of fused-ring (bicyclic) bond motifs is 1. The van der Waals surface area contributed by atoms with Gasteiger partial charge in [0.2, 0.25) is 0 Å². The smallest absolute Gasteiger partial charge is 0.390 e. The van der Waals surface area contributed by atoms with E-state index < -0.39 is 47.6 Å². The van der Waals surface area contributed by atoms with E-state index in [1.807, 2.05) is 0 Å². The van der Waals surface area contributed by atoms with Crippen molar-refractivity contribution in [2.45, 2.75) is 50.6 Å². The number of benzene rings is 1. The Morgan fingerprint density at radius 1 is 1.13 bits per heavy atom. The lowest BCUT2D eigenvalue weighted by Gasteiger charge is -2.29. The van der Waals surface area contributed by atoms with Gasteiger partial charge in [0.15, 0.2) is 5.78 Å². The Labute approximate surface area is 218 Å². The van der Waals surface area contributed by atoms with Gasteiger partial charge in [-0.1, -0.05) is 6.07 Å². The van der Waals surface area contributed by atoms with E-state index in [4.69, 9.17) is 0 Å². The molecule has 6 rings (SSSR count). The lowest BCUT2D eigenvalue weighted by atomic mass is 9.77. The summed E-state index contributed by atoms with van der Waals surface area (Å²) in [5.41, 5.74) is -0.905. The number of aromatic amines is 1. The summed E-state index contributed by atoms with van der Waals surface area (Å²) in [6, 6.07) is 7.80. The van der Waals surface area contributed by atoms with Crippen molar-refractivity contribution in [3.8, 4) is 16.9 Å². The van der Waals surface area contributed by atoms with Gasteiger partial charge >= 0.3 is 6.18 Å². The molecule has 0 saturated heterocycles. The van der Waals surface area contributed by atoms with Gasteiger partial charge in [-0.3, -0.25) is 14.2 Å². The van der Waals surface area contributed by atoms with Crippen LogP contribution in [-0.4, -0.2) is 31.6 Å². The topological polar surface area (TPSA) is 88.0 Å². The molecular weight excluding hydrogens is 521 g/mol. The minimum absolute atomic E-state index is 0.0234. The van der Waals surface area contributed by atoms with Gasteiger partial charge in [0, 0.05) is 40.4 Å². The van der Waals surface area contributed by atoms with Gasteiger partial charge in [-0.15, -0.1) is 0 Å². The number of ketones is 1. The molecule has 4 aromatic rings. The molecule has 11 heteroatoms. The van der Waals surface area contributed by atoms with Crippen molar-refractivity contribution in [2.75, 3.05) is 0 Å². The number of rotatable bonds is 6. The molecule has 0 bridgehead atoms. The number of hydrogen-bond donors (Lipinski definition) is 2. The highest BCUT2D eigenvalue weighted by atomic mass is 19.4. The summed E-state index contributed by atoms with van der Waals surface area (Å²) in [4.78, 5) is 33.6. The maximum Gasteiger partial charge on any atom is 0.418 e. The van der Waals surface area contributed by atoms with E-state index in [0.29, 0.717) is 23.0 Å². The van der Waals surface area contributed by atoms with Crippen molar-refractivity contribution in [2.24, 2.45) is 5.92 Å². The molecule has 3 heterocycles. The molecule has 0 unspecified atom stereocenters. The molecule has 202 valence electrons. The second kappa shape index (κ2) is 9.11. The minimum Gasteiger partial charge on any atom is -0.390 e. The summed E-state index contributed by atoms with van der Waals surface area (Å²) in [6.07, 6.45) is -3.54. The number of nitrogens with zero attached hydrogens (tertiary/aromatic N) is 2. The maximum absolute atomic E-state index is 14.2. The van der Waals surface area contributed by atoms with E-state index >= 15 is 0 Å². The van der Waals surface area contributed by atoms with E-state index in [9.17, 15) is 36.6 Å². The van der Waals surface area contributed by atoms with Crippen molar-refractivity contribution in [1.82, 2.24) is 14.5 Å². The molecule has 0 amide bonds. The number of carbonyl (C=O) groups is 1. The first-order valence-corrected chi connectivity index (χ1v) is 12.5. The van der Waals surface area contributed by atoms with Crippen LogP contribution in [0.25, 0.3) is 27.8 Å². The predicted molar refractivity (Wildman–Crippen MR) is 132 cm³/mol. The van der Waals surface area contributed by atoms with Crippen LogP contribution in [0.3, 0.4) is 0 Å². The number of carbonyl (C=O) groups excluding carboxylic acids is 1. The van der Waals surface area contributed by atoms with E-state index in [2.05, 4.69) is 9.97 Å². The Morgan fingerprint density at radius 3 is 2.51 bits per heavy atom. The molecule has 2 saturated carbocycles. The third kappa shape index (κ3) is 4.54. The molecule has 2 aliphatic rings.